The number of nitrogens with zero attached hydrogens (tertiary/aromatic N) is 3. The van der Waals surface area contributed by atoms with Gasteiger partial charge in [-0.05, 0) is 47.0 Å². The zero-order valence-corrected chi connectivity index (χ0v) is 26.7. The summed E-state index contributed by atoms with van der Waals surface area (Å²) in [5.41, 5.74) is 10.3. The molecule has 0 aliphatic heterocycles. The minimum atomic E-state index is 0.596. The second-order valence-electron chi connectivity index (χ2n) is 12.4. The summed E-state index contributed by atoms with van der Waals surface area (Å²) in [7, 11) is 0. The maximum atomic E-state index is 6.59. The summed E-state index contributed by atoms with van der Waals surface area (Å²) in [6, 6.07) is 55.7. The molecule has 0 saturated heterocycles. The second kappa shape index (κ2) is 11.4. The predicted molar refractivity (Wildman–Crippen MR) is 202 cm³/mol. The number of hydrogen-bond acceptors (Lipinski definition) is 5. The van der Waals surface area contributed by atoms with Crippen molar-refractivity contribution >= 4 is 43.9 Å². The molecule has 0 spiro atoms. The van der Waals surface area contributed by atoms with Gasteiger partial charge in [0.05, 0.1) is 0 Å². The van der Waals surface area contributed by atoms with Gasteiger partial charge in [-0.15, -0.1) is 0 Å². The predicted octanol–water partition coefficient (Wildman–Crippen LogP) is 12.0. The Balaban J connectivity index is 1.23. The summed E-state index contributed by atoms with van der Waals surface area (Å²) in [4.78, 5) is 15.0. The topological polar surface area (TPSA) is 65.0 Å². The van der Waals surface area contributed by atoms with Gasteiger partial charge in [-0.1, -0.05) is 133 Å². The fourth-order valence-corrected chi connectivity index (χ4v) is 6.95. The van der Waals surface area contributed by atoms with Crippen LogP contribution in [-0.2, 0) is 0 Å². The molecule has 10 aromatic rings. The van der Waals surface area contributed by atoms with Crippen LogP contribution in [0.15, 0.2) is 173 Å². The van der Waals surface area contributed by atoms with Gasteiger partial charge in [0.2, 0.25) is 0 Å². The van der Waals surface area contributed by atoms with Gasteiger partial charge in [0.25, 0.3) is 0 Å². The molecule has 3 aromatic heterocycles. The Morgan fingerprint density at radius 1 is 0.300 bits per heavy atom. The van der Waals surface area contributed by atoms with Crippen LogP contribution in [0.3, 0.4) is 0 Å². The van der Waals surface area contributed by atoms with Gasteiger partial charge in [0.15, 0.2) is 17.5 Å². The van der Waals surface area contributed by atoms with Crippen LogP contribution in [0.5, 0.6) is 0 Å². The minimum absolute atomic E-state index is 0.596. The standard InChI is InChI=1S/C45H27N3O2/c1-3-12-28(13-4-1)43-46-44(29-14-5-2-6-15-29)48-45(47-43)31-22-24-32(30-23-25-41-38(26-30)34-17-8-9-20-39(34)49-41)37(27-31)36-19-11-18-35-33-16-7-10-21-40(33)50-42(35)36/h1-27H. The molecule has 0 fully saturated rings. The average Bonchev–Trinajstić information content (AvgIpc) is 3.76. The molecule has 0 unspecified atom stereocenters. The molecule has 10 rings (SSSR count). The molecule has 0 bridgehead atoms. The van der Waals surface area contributed by atoms with Crippen LogP contribution in [-0.4, -0.2) is 15.0 Å². The molecule has 0 aliphatic rings. The van der Waals surface area contributed by atoms with Crippen molar-refractivity contribution in [3.05, 3.63) is 164 Å². The number of benzene rings is 7. The summed E-state index contributed by atoms with van der Waals surface area (Å²) in [6.07, 6.45) is 0. The summed E-state index contributed by atoms with van der Waals surface area (Å²) >= 11 is 0. The van der Waals surface area contributed by atoms with Gasteiger partial charge in [-0.2, -0.15) is 0 Å². The van der Waals surface area contributed by atoms with E-state index in [-0.39, 0.29) is 0 Å². The average molecular weight is 642 g/mol. The van der Waals surface area contributed by atoms with Crippen LogP contribution >= 0.6 is 0 Å². The molecular formula is C45H27N3O2. The van der Waals surface area contributed by atoms with Crippen molar-refractivity contribution < 1.29 is 8.83 Å². The Morgan fingerprint density at radius 2 is 0.840 bits per heavy atom. The lowest BCUT2D eigenvalue weighted by atomic mass is 9.91. The molecule has 0 saturated carbocycles. The van der Waals surface area contributed by atoms with Crippen molar-refractivity contribution in [3.63, 3.8) is 0 Å². The molecule has 0 atom stereocenters. The van der Waals surface area contributed by atoms with Crippen molar-refractivity contribution in [2.45, 2.75) is 0 Å². The maximum Gasteiger partial charge on any atom is 0.164 e. The Morgan fingerprint density at radius 3 is 1.54 bits per heavy atom. The summed E-state index contributed by atoms with van der Waals surface area (Å²) < 4.78 is 12.8. The molecule has 0 aliphatic carbocycles. The van der Waals surface area contributed by atoms with Crippen molar-refractivity contribution in [2.75, 3.05) is 0 Å². The normalized spacial score (nSPS) is 11.6. The third kappa shape index (κ3) is 4.67. The highest BCUT2D eigenvalue weighted by atomic mass is 16.3. The van der Waals surface area contributed by atoms with Crippen LogP contribution in [0, 0.1) is 0 Å². The van der Waals surface area contributed by atoms with E-state index in [1.54, 1.807) is 0 Å². The van der Waals surface area contributed by atoms with E-state index in [4.69, 9.17) is 23.8 Å². The Kier molecular flexibility index (Phi) is 6.42. The van der Waals surface area contributed by atoms with Crippen molar-refractivity contribution in [2.24, 2.45) is 0 Å². The molecule has 3 heterocycles. The van der Waals surface area contributed by atoms with Gasteiger partial charge in [-0.3, -0.25) is 0 Å². The number of hydrogen-bond donors (Lipinski definition) is 0. The quantitative estimate of drug-likeness (QED) is 0.187. The Hall–Kier alpha value is -6.85. The molecular weight excluding hydrogens is 615 g/mol. The lowest BCUT2D eigenvalue weighted by Gasteiger charge is -2.14. The lowest BCUT2D eigenvalue weighted by molar-refractivity contribution is 0.669. The first kappa shape index (κ1) is 28.2. The number of fused-ring (bicyclic) bond motifs is 6. The number of para-hydroxylation sites is 3. The highest BCUT2D eigenvalue weighted by Crippen LogP contribution is 2.43. The van der Waals surface area contributed by atoms with Crippen molar-refractivity contribution in [1.82, 2.24) is 15.0 Å². The van der Waals surface area contributed by atoms with Gasteiger partial charge >= 0.3 is 0 Å². The SMILES string of the molecule is c1ccc(-c2nc(-c3ccccc3)nc(-c3ccc(-c4ccc5oc6ccccc6c5c4)c(-c4cccc5c4oc4ccccc45)c3)n2)cc1. The fraction of sp³-hybridized carbons (Fsp3) is 0. The molecule has 5 heteroatoms. The zero-order valence-electron chi connectivity index (χ0n) is 26.7. The smallest absolute Gasteiger partial charge is 0.164 e. The van der Waals surface area contributed by atoms with Crippen molar-refractivity contribution in [3.8, 4) is 56.4 Å². The Bertz CT molecular complexity index is 2810. The van der Waals surface area contributed by atoms with Crippen LogP contribution in [0.25, 0.3) is 100 Å². The minimum Gasteiger partial charge on any atom is -0.456 e. The van der Waals surface area contributed by atoms with E-state index >= 15 is 0 Å². The van der Waals surface area contributed by atoms with E-state index in [0.717, 1.165) is 82.8 Å². The lowest BCUT2D eigenvalue weighted by Crippen LogP contribution is -2.00. The number of furan rings is 2. The first-order chi connectivity index (χ1) is 24.8. The highest BCUT2D eigenvalue weighted by Gasteiger charge is 2.19. The van der Waals surface area contributed by atoms with Gasteiger partial charge < -0.3 is 8.83 Å². The number of aromatic nitrogens is 3. The molecule has 234 valence electrons. The van der Waals surface area contributed by atoms with Gasteiger partial charge in [-0.25, -0.2) is 15.0 Å². The largest absolute Gasteiger partial charge is 0.456 e. The maximum absolute atomic E-state index is 6.59. The molecule has 0 N–H and O–H groups in total. The third-order valence-electron chi connectivity index (χ3n) is 9.36. The third-order valence-corrected chi connectivity index (χ3v) is 9.36. The van der Waals surface area contributed by atoms with Crippen LogP contribution in [0.1, 0.15) is 0 Å². The van der Waals surface area contributed by atoms with E-state index in [1.807, 2.05) is 84.9 Å². The van der Waals surface area contributed by atoms with E-state index in [2.05, 4.69) is 78.9 Å². The molecule has 0 amide bonds. The number of rotatable bonds is 5. The summed E-state index contributed by atoms with van der Waals surface area (Å²) in [5.74, 6) is 1.84. The van der Waals surface area contributed by atoms with Gasteiger partial charge in [0, 0.05) is 43.8 Å². The monoisotopic (exact) mass is 641 g/mol. The van der Waals surface area contributed by atoms with Gasteiger partial charge in [0.1, 0.15) is 22.3 Å². The van der Waals surface area contributed by atoms with Crippen LogP contribution in [0.2, 0.25) is 0 Å². The molecule has 0 radical (unpaired) electrons. The van der Waals surface area contributed by atoms with Crippen LogP contribution in [0.4, 0.5) is 0 Å². The molecule has 7 aromatic carbocycles. The van der Waals surface area contributed by atoms with E-state index in [1.165, 1.54) is 0 Å². The fourth-order valence-electron chi connectivity index (χ4n) is 6.95. The second-order valence-corrected chi connectivity index (χ2v) is 12.4. The Labute approximate surface area is 287 Å². The van der Waals surface area contributed by atoms with Crippen LogP contribution < -0.4 is 0 Å². The first-order valence-electron chi connectivity index (χ1n) is 16.6. The van der Waals surface area contributed by atoms with E-state index in [9.17, 15) is 0 Å². The molecule has 5 nitrogen and oxygen atoms in total. The first-order valence-corrected chi connectivity index (χ1v) is 16.6. The highest BCUT2D eigenvalue weighted by molar-refractivity contribution is 6.11. The summed E-state index contributed by atoms with van der Waals surface area (Å²) in [5, 5.41) is 4.33. The summed E-state index contributed by atoms with van der Waals surface area (Å²) in [6.45, 7) is 0. The molecule has 50 heavy (non-hydrogen) atoms. The zero-order chi connectivity index (χ0) is 33.0. The van der Waals surface area contributed by atoms with E-state index < -0.39 is 0 Å². The van der Waals surface area contributed by atoms with Crippen molar-refractivity contribution in [1.29, 1.82) is 0 Å². The van der Waals surface area contributed by atoms with E-state index in [0.29, 0.717) is 17.5 Å².